The summed E-state index contributed by atoms with van der Waals surface area (Å²) in [6.45, 7) is 5.04. The van der Waals surface area contributed by atoms with Crippen molar-refractivity contribution < 1.29 is 0 Å². The van der Waals surface area contributed by atoms with Gasteiger partial charge >= 0.3 is 0 Å². The van der Waals surface area contributed by atoms with Crippen LogP contribution in [-0.4, -0.2) is 62.2 Å². The van der Waals surface area contributed by atoms with Crippen LogP contribution in [-0.2, 0) is 0 Å². The minimum Gasteiger partial charge on any atom is -0.320 e. The van der Waals surface area contributed by atoms with Gasteiger partial charge in [-0.15, -0.1) is 0 Å². The van der Waals surface area contributed by atoms with E-state index in [1.165, 1.54) is 58.2 Å². The Morgan fingerprint density at radius 3 is 2.59 bits per heavy atom. The summed E-state index contributed by atoms with van der Waals surface area (Å²) in [6, 6.07) is 1.66. The Hall–Kier alpha value is -0.120. The van der Waals surface area contributed by atoms with Gasteiger partial charge in [-0.3, -0.25) is 4.90 Å². The van der Waals surface area contributed by atoms with E-state index in [0.29, 0.717) is 0 Å². The molecule has 1 saturated carbocycles. The van der Waals surface area contributed by atoms with Crippen LogP contribution in [0.25, 0.3) is 0 Å². The van der Waals surface area contributed by atoms with E-state index in [-0.39, 0.29) is 0 Å². The van der Waals surface area contributed by atoms with Crippen molar-refractivity contribution in [3.63, 3.8) is 0 Å². The van der Waals surface area contributed by atoms with Crippen LogP contribution in [0.5, 0.6) is 0 Å². The van der Waals surface area contributed by atoms with Gasteiger partial charge in [0.2, 0.25) is 0 Å². The molecule has 0 aromatic heterocycles. The zero-order chi connectivity index (χ0) is 12.1. The standard InChI is InChI=1S/C14H29N3/c1-15-9-8-14-12-17(11-5-10-16(14)2)13-6-3-4-7-13/h13-15H,3-12H2,1-2H3. The van der Waals surface area contributed by atoms with E-state index in [0.717, 1.165) is 18.6 Å². The van der Waals surface area contributed by atoms with Gasteiger partial charge in [-0.05, 0) is 59.4 Å². The second-order valence-corrected chi connectivity index (χ2v) is 5.81. The Balaban J connectivity index is 1.89. The van der Waals surface area contributed by atoms with Gasteiger partial charge in [-0.2, -0.15) is 0 Å². The van der Waals surface area contributed by atoms with Crippen LogP contribution in [0.4, 0.5) is 0 Å². The van der Waals surface area contributed by atoms with Gasteiger partial charge in [-0.25, -0.2) is 0 Å². The Labute approximate surface area is 107 Å². The third-order valence-electron chi connectivity index (χ3n) is 4.59. The molecule has 0 amide bonds. The lowest BCUT2D eigenvalue weighted by atomic mass is 10.1. The summed E-state index contributed by atoms with van der Waals surface area (Å²) in [6.07, 6.45) is 8.45. The van der Waals surface area contributed by atoms with Crippen molar-refractivity contribution in [2.75, 3.05) is 40.3 Å². The molecule has 1 unspecified atom stereocenters. The minimum absolute atomic E-state index is 0.755. The van der Waals surface area contributed by atoms with Crippen molar-refractivity contribution in [2.24, 2.45) is 0 Å². The fourth-order valence-electron chi connectivity index (χ4n) is 3.43. The maximum Gasteiger partial charge on any atom is 0.0232 e. The molecule has 2 fully saturated rings. The summed E-state index contributed by atoms with van der Waals surface area (Å²) in [5.41, 5.74) is 0. The molecule has 0 radical (unpaired) electrons. The number of rotatable bonds is 4. The summed E-state index contributed by atoms with van der Waals surface area (Å²) in [7, 11) is 4.36. The van der Waals surface area contributed by atoms with Crippen molar-refractivity contribution in [1.82, 2.24) is 15.1 Å². The normalized spacial score (nSPS) is 29.6. The first-order valence-electron chi connectivity index (χ1n) is 7.40. The molecule has 2 aliphatic rings. The largest absolute Gasteiger partial charge is 0.320 e. The van der Waals surface area contributed by atoms with Gasteiger partial charge in [0, 0.05) is 18.6 Å². The maximum absolute atomic E-state index is 3.30. The monoisotopic (exact) mass is 239 g/mol. The quantitative estimate of drug-likeness (QED) is 0.803. The van der Waals surface area contributed by atoms with E-state index in [4.69, 9.17) is 0 Å². The molecule has 1 atom stereocenters. The van der Waals surface area contributed by atoms with Crippen molar-refractivity contribution in [2.45, 2.75) is 50.6 Å². The molecule has 1 heterocycles. The van der Waals surface area contributed by atoms with Crippen LogP contribution in [0.15, 0.2) is 0 Å². The second-order valence-electron chi connectivity index (χ2n) is 5.81. The highest BCUT2D eigenvalue weighted by molar-refractivity contribution is 4.84. The average Bonchev–Trinajstić information content (AvgIpc) is 2.79. The summed E-state index contributed by atoms with van der Waals surface area (Å²) in [5, 5.41) is 3.30. The summed E-state index contributed by atoms with van der Waals surface area (Å²) in [5.74, 6) is 0. The molecule has 3 heteroatoms. The third kappa shape index (κ3) is 3.67. The van der Waals surface area contributed by atoms with E-state index >= 15 is 0 Å². The van der Waals surface area contributed by atoms with Gasteiger partial charge in [0.1, 0.15) is 0 Å². The molecule has 0 aromatic carbocycles. The highest BCUT2D eigenvalue weighted by Crippen LogP contribution is 2.25. The molecule has 0 bridgehead atoms. The molecule has 0 aromatic rings. The first-order valence-corrected chi connectivity index (χ1v) is 7.40. The second kappa shape index (κ2) is 6.72. The lowest BCUT2D eigenvalue weighted by molar-refractivity contribution is 0.161. The fraction of sp³-hybridized carbons (Fsp3) is 1.00. The number of nitrogens with one attached hydrogen (secondary N) is 1. The van der Waals surface area contributed by atoms with Crippen LogP contribution < -0.4 is 5.32 Å². The van der Waals surface area contributed by atoms with Crippen molar-refractivity contribution in [3.05, 3.63) is 0 Å². The van der Waals surface area contributed by atoms with Crippen LogP contribution in [0.3, 0.4) is 0 Å². The lowest BCUT2D eigenvalue weighted by Gasteiger charge is -2.32. The SMILES string of the molecule is CNCCC1CN(C2CCCC2)CCCN1C. The summed E-state index contributed by atoms with van der Waals surface area (Å²) >= 11 is 0. The van der Waals surface area contributed by atoms with Gasteiger partial charge in [0.05, 0.1) is 0 Å². The van der Waals surface area contributed by atoms with Crippen molar-refractivity contribution in [3.8, 4) is 0 Å². The number of hydrogen-bond acceptors (Lipinski definition) is 3. The lowest BCUT2D eigenvalue weighted by Crippen LogP contribution is -2.43. The fourth-order valence-corrected chi connectivity index (χ4v) is 3.43. The third-order valence-corrected chi connectivity index (χ3v) is 4.59. The molecule has 1 aliphatic carbocycles. The molecule has 0 spiro atoms. The zero-order valence-electron chi connectivity index (χ0n) is 11.6. The smallest absolute Gasteiger partial charge is 0.0232 e. The minimum atomic E-state index is 0.755. The van der Waals surface area contributed by atoms with Crippen LogP contribution in [0.2, 0.25) is 0 Å². The maximum atomic E-state index is 3.30. The van der Waals surface area contributed by atoms with Crippen LogP contribution in [0.1, 0.15) is 38.5 Å². The van der Waals surface area contributed by atoms with E-state index in [1.54, 1.807) is 0 Å². The Bertz CT molecular complexity index is 214. The molecule has 1 saturated heterocycles. The van der Waals surface area contributed by atoms with E-state index in [1.807, 2.05) is 0 Å². The Kier molecular flexibility index (Phi) is 5.26. The molecular formula is C14H29N3. The van der Waals surface area contributed by atoms with E-state index in [9.17, 15) is 0 Å². The van der Waals surface area contributed by atoms with Gasteiger partial charge < -0.3 is 10.2 Å². The summed E-state index contributed by atoms with van der Waals surface area (Å²) in [4.78, 5) is 5.36. The molecule has 100 valence electrons. The molecule has 1 aliphatic heterocycles. The molecular weight excluding hydrogens is 210 g/mol. The van der Waals surface area contributed by atoms with Gasteiger partial charge in [0.15, 0.2) is 0 Å². The van der Waals surface area contributed by atoms with E-state index in [2.05, 4.69) is 29.2 Å². The van der Waals surface area contributed by atoms with Gasteiger partial charge in [0.25, 0.3) is 0 Å². The highest BCUT2D eigenvalue weighted by Gasteiger charge is 2.28. The first kappa shape index (κ1) is 13.3. The molecule has 1 N–H and O–H groups in total. The molecule has 2 rings (SSSR count). The van der Waals surface area contributed by atoms with Crippen molar-refractivity contribution in [1.29, 1.82) is 0 Å². The average molecular weight is 239 g/mol. The zero-order valence-corrected chi connectivity index (χ0v) is 11.6. The highest BCUT2D eigenvalue weighted by atomic mass is 15.2. The van der Waals surface area contributed by atoms with Crippen LogP contribution >= 0.6 is 0 Å². The summed E-state index contributed by atoms with van der Waals surface area (Å²) < 4.78 is 0. The number of nitrogens with zero attached hydrogens (tertiary/aromatic N) is 2. The van der Waals surface area contributed by atoms with Gasteiger partial charge in [-0.1, -0.05) is 12.8 Å². The topological polar surface area (TPSA) is 18.5 Å². The Morgan fingerprint density at radius 1 is 1.12 bits per heavy atom. The molecule has 3 nitrogen and oxygen atoms in total. The first-order chi connectivity index (χ1) is 8.31. The predicted octanol–water partition coefficient (Wildman–Crippen LogP) is 1.54. The van der Waals surface area contributed by atoms with Crippen molar-refractivity contribution >= 4 is 0 Å². The van der Waals surface area contributed by atoms with Crippen LogP contribution in [0, 0.1) is 0 Å². The Morgan fingerprint density at radius 2 is 1.88 bits per heavy atom. The predicted molar refractivity (Wildman–Crippen MR) is 73.4 cm³/mol. The number of hydrogen-bond donors (Lipinski definition) is 1. The van der Waals surface area contributed by atoms with E-state index < -0.39 is 0 Å². The molecule has 17 heavy (non-hydrogen) atoms. The number of likely N-dealkylation sites (N-methyl/N-ethyl adjacent to an activating group) is 1.